The Bertz CT molecular complexity index is 1600. The summed E-state index contributed by atoms with van der Waals surface area (Å²) in [6.45, 7) is 10.3. The van der Waals surface area contributed by atoms with Gasteiger partial charge in [-0.3, -0.25) is 9.59 Å². The van der Waals surface area contributed by atoms with Gasteiger partial charge in [0.05, 0.1) is 47.2 Å². The zero-order valence-corrected chi connectivity index (χ0v) is 27.0. The Balaban J connectivity index is 0.00000357. The summed E-state index contributed by atoms with van der Waals surface area (Å²) in [5.74, 6) is -3.82. The average Bonchev–Trinajstić information content (AvgIpc) is 3.34. The molecule has 14 heteroatoms. The predicted molar refractivity (Wildman–Crippen MR) is 157 cm³/mol. The van der Waals surface area contributed by atoms with Gasteiger partial charge in [0.2, 0.25) is 15.9 Å². The molecular formula is C31H40ClN5O7S. The fourth-order valence-electron chi connectivity index (χ4n) is 9.12. The van der Waals surface area contributed by atoms with E-state index in [1.54, 1.807) is 13.0 Å². The highest BCUT2D eigenvalue weighted by Gasteiger charge is 2.60. The number of carboxylic acids is 1. The quantitative estimate of drug-likeness (QED) is 0.186. The van der Waals surface area contributed by atoms with E-state index in [2.05, 4.69) is 0 Å². The van der Waals surface area contributed by atoms with Gasteiger partial charge in [-0.25, -0.2) is 8.42 Å². The van der Waals surface area contributed by atoms with Crippen LogP contribution in [0, 0.1) is 17.8 Å². The summed E-state index contributed by atoms with van der Waals surface area (Å²) in [6.07, 6.45) is 9.24. The van der Waals surface area contributed by atoms with E-state index in [0.717, 1.165) is 72.3 Å². The minimum absolute atomic E-state index is 0. The fourth-order valence-corrected chi connectivity index (χ4v) is 11.0. The number of quaternary nitrogens is 2. The number of aliphatic hydroxyl groups excluding tert-OH is 1. The SMILES string of the molecule is C[C@@H](O)[C@H]1C(=O)N2C(C(=O)[O-])=C(CN3C4C=CC=C5C(CC[N+]67CC[N+](CC(N)=O)(CC6)CC7)=CC=C(C54)S3(=O)=O)[C@H](C)[C@H]12.[Cl-]. The van der Waals surface area contributed by atoms with Crippen molar-refractivity contribution in [3.05, 3.63) is 57.7 Å². The first-order valence-electron chi connectivity index (χ1n) is 15.5. The molecule has 0 radical (unpaired) electrons. The van der Waals surface area contributed by atoms with E-state index in [-0.39, 0.29) is 36.5 Å². The molecule has 8 aliphatic rings. The minimum Gasteiger partial charge on any atom is -1.00 e. The average molecular weight is 662 g/mol. The van der Waals surface area contributed by atoms with Crippen LogP contribution < -0.4 is 23.2 Å². The lowest BCUT2D eigenvalue weighted by atomic mass is 9.77. The Morgan fingerprint density at radius 2 is 1.76 bits per heavy atom. The molecule has 244 valence electrons. The van der Waals surface area contributed by atoms with Gasteiger partial charge in [0.25, 0.3) is 5.91 Å². The highest BCUT2D eigenvalue weighted by atomic mass is 35.5. The lowest BCUT2D eigenvalue weighted by Gasteiger charge is -2.55. The standard InChI is InChI=1S/C31H39N5O7S.ClH/c1-18-22(29(31(40)41)34-28(18)26(19(2)37)30(34)39)16-33-23-5-3-4-21-20(6-7-24(27(21)23)44(33,42)43)8-9-35-10-13-36(14-11-35,15-12-35)17-25(32)38;/h3-7,18-19,23,26-28,37H,8-17H2,1-2H3,(H-2,32,38,40,41);1H/t18-,19+,23?,26+,27?,28+,35?,36?;/m0./s1. The number of hydrogen-bond donors (Lipinski definition) is 2. The van der Waals surface area contributed by atoms with Crippen molar-refractivity contribution in [1.29, 1.82) is 0 Å². The summed E-state index contributed by atoms with van der Waals surface area (Å²) in [7, 11) is -3.93. The molecule has 45 heavy (non-hydrogen) atoms. The van der Waals surface area contributed by atoms with Gasteiger partial charge in [0, 0.05) is 24.8 Å². The Hall–Kier alpha value is -2.81. The van der Waals surface area contributed by atoms with Crippen molar-refractivity contribution in [2.24, 2.45) is 23.5 Å². The van der Waals surface area contributed by atoms with Crippen LogP contribution in [-0.4, -0.2) is 127 Å². The van der Waals surface area contributed by atoms with E-state index in [1.165, 1.54) is 16.1 Å². The van der Waals surface area contributed by atoms with Crippen LogP contribution in [0.1, 0.15) is 20.3 Å². The van der Waals surface area contributed by atoms with Crippen molar-refractivity contribution in [2.75, 3.05) is 58.9 Å². The summed E-state index contributed by atoms with van der Waals surface area (Å²) in [4.78, 5) is 38.2. The number of nitrogens with zero attached hydrogens (tertiary/aromatic N) is 4. The number of β-lactam (4-membered cyclic amide) rings is 1. The number of piperazine rings is 3. The molecule has 0 saturated carbocycles. The second-order valence-corrected chi connectivity index (χ2v) is 15.7. The maximum absolute atomic E-state index is 14.0. The molecule has 0 aromatic carbocycles. The van der Waals surface area contributed by atoms with E-state index >= 15 is 0 Å². The Kier molecular flexibility index (Phi) is 7.77. The Labute approximate surface area is 269 Å². The van der Waals surface area contributed by atoms with Crippen LogP contribution >= 0.6 is 0 Å². The predicted octanol–water partition coefficient (Wildman–Crippen LogP) is -4.66. The van der Waals surface area contributed by atoms with Gasteiger partial charge in [0.15, 0.2) is 6.54 Å². The highest BCUT2D eigenvalue weighted by Crippen LogP contribution is 2.51. The minimum atomic E-state index is -3.93. The maximum Gasteiger partial charge on any atom is 0.272 e. The fraction of sp³-hybridized carbons (Fsp3) is 0.581. The molecule has 0 spiro atoms. The molecule has 3 N–H and O–H groups in total. The second-order valence-electron chi connectivity index (χ2n) is 13.8. The van der Waals surface area contributed by atoms with Gasteiger partial charge in [-0.1, -0.05) is 31.2 Å². The number of halogens is 1. The molecule has 2 bridgehead atoms. The van der Waals surface area contributed by atoms with Gasteiger partial charge in [-0.05, 0) is 29.7 Å². The first-order chi connectivity index (χ1) is 20.8. The summed E-state index contributed by atoms with van der Waals surface area (Å²) < 4.78 is 31.2. The summed E-state index contributed by atoms with van der Waals surface area (Å²) >= 11 is 0. The smallest absolute Gasteiger partial charge is 0.272 e. The summed E-state index contributed by atoms with van der Waals surface area (Å²) in [6, 6.07) is -1.06. The molecule has 6 aliphatic heterocycles. The number of carbonyl (C=O) groups is 3. The summed E-state index contributed by atoms with van der Waals surface area (Å²) in [5.41, 5.74) is 7.69. The van der Waals surface area contributed by atoms with Crippen molar-refractivity contribution in [3.63, 3.8) is 0 Å². The van der Waals surface area contributed by atoms with Crippen molar-refractivity contribution < 1.29 is 54.4 Å². The van der Waals surface area contributed by atoms with Crippen LogP contribution in [0.25, 0.3) is 0 Å². The number of nitrogens with two attached hydrogens (primary N) is 1. The molecule has 8 rings (SSSR count). The van der Waals surface area contributed by atoms with E-state index < -0.39 is 51.9 Å². The van der Waals surface area contributed by atoms with Crippen molar-refractivity contribution in [2.45, 2.75) is 38.5 Å². The van der Waals surface area contributed by atoms with Gasteiger partial charge >= 0.3 is 0 Å². The van der Waals surface area contributed by atoms with E-state index in [1.807, 2.05) is 24.3 Å². The van der Waals surface area contributed by atoms with Crippen LogP contribution in [0.3, 0.4) is 0 Å². The maximum atomic E-state index is 14.0. The Morgan fingerprint density at radius 1 is 1.11 bits per heavy atom. The number of carbonyl (C=O) groups excluding carboxylic acids is 3. The number of rotatable bonds is 9. The van der Waals surface area contributed by atoms with Gasteiger partial charge < -0.3 is 47.0 Å². The Morgan fingerprint density at radius 3 is 2.36 bits per heavy atom. The third kappa shape index (κ3) is 4.69. The molecule has 2 aliphatic carbocycles. The van der Waals surface area contributed by atoms with E-state index in [0.29, 0.717) is 17.0 Å². The molecular weight excluding hydrogens is 622 g/mol. The molecule has 2 amide bonds. The van der Waals surface area contributed by atoms with Gasteiger partial charge in [-0.2, -0.15) is 4.31 Å². The second kappa shape index (κ2) is 10.9. The number of primary amides is 1. The number of carboxylic acid groups (broad SMARTS) is 1. The van der Waals surface area contributed by atoms with E-state index in [9.17, 15) is 33.0 Å². The number of aliphatic hydroxyl groups is 1. The molecule has 6 heterocycles. The molecule has 0 aromatic heterocycles. The number of amides is 2. The molecule has 6 atom stereocenters. The number of allylic oxidation sites excluding steroid dienone is 4. The van der Waals surface area contributed by atoms with Gasteiger partial charge in [-0.15, -0.1) is 0 Å². The monoisotopic (exact) mass is 661 g/mol. The van der Waals surface area contributed by atoms with Gasteiger partial charge in [0.1, 0.15) is 39.3 Å². The van der Waals surface area contributed by atoms with Crippen LogP contribution in [0.5, 0.6) is 0 Å². The van der Waals surface area contributed by atoms with Crippen LogP contribution in [0.4, 0.5) is 0 Å². The zero-order chi connectivity index (χ0) is 31.3. The van der Waals surface area contributed by atoms with Crippen LogP contribution in [0.2, 0.25) is 0 Å². The third-order valence-electron chi connectivity index (χ3n) is 11.7. The van der Waals surface area contributed by atoms with Crippen LogP contribution in [0.15, 0.2) is 57.7 Å². The molecule has 2 unspecified atom stereocenters. The largest absolute Gasteiger partial charge is 1.00 e. The molecule has 12 nitrogen and oxygen atoms in total. The lowest BCUT2D eigenvalue weighted by molar-refractivity contribution is -1.08. The van der Waals surface area contributed by atoms with Crippen molar-refractivity contribution in [3.8, 4) is 0 Å². The number of hydrogen-bond acceptors (Lipinski definition) is 7. The number of aliphatic carboxylic acids is 1. The topological polar surface area (TPSA) is 161 Å². The third-order valence-corrected chi connectivity index (χ3v) is 13.6. The van der Waals surface area contributed by atoms with Crippen molar-refractivity contribution >= 4 is 27.8 Å². The first kappa shape index (κ1) is 32.1. The van der Waals surface area contributed by atoms with E-state index in [4.69, 9.17) is 5.73 Å². The highest BCUT2D eigenvalue weighted by molar-refractivity contribution is 7.93. The molecule has 0 aromatic rings. The lowest BCUT2D eigenvalue weighted by Crippen LogP contribution is -3.00. The molecule has 5 fully saturated rings. The normalized spacial score (nSPS) is 38.0. The number of fused-ring (bicyclic) bond motifs is 4. The zero-order valence-electron chi connectivity index (χ0n) is 25.5. The summed E-state index contributed by atoms with van der Waals surface area (Å²) in [5, 5.41) is 22.5. The van der Waals surface area contributed by atoms with Crippen molar-refractivity contribution in [1.82, 2.24) is 9.21 Å². The van der Waals surface area contributed by atoms with Crippen LogP contribution in [-0.2, 0) is 24.4 Å². The number of sulfonamides is 1. The molecule has 5 saturated heterocycles. The first-order valence-corrected chi connectivity index (χ1v) is 17.0.